The number of anilines is 1. The lowest BCUT2D eigenvalue weighted by molar-refractivity contribution is 0.107. The number of terminal acetylenes is 1. The van der Waals surface area contributed by atoms with E-state index in [1.165, 1.54) is 30.5 Å². The van der Waals surface area contributed by atoms with E-state index in [1.807, 2.05) is 11.9 Å². The summed E-state index contributed by atoms with van der Waals surface area (Å²) < 4.78 is 52.1. The number of aromatic hydroxyl groups is 1. The molecule has 0 unspecified atom stereocenters. The molecule has 0 aliphatic carbocycles. The molecule has 4 aromatic rings. The maximum absolute atomic E-state index is 16.7. The first-order chi connectivity index (χ1) is 21.8. The van der Waals surface area contributed by atoms with Crippen molar-refractivity contribution in [3.63, 3.8) is 0 Å². The van der Waals surface area contributed by atoms with Crippen molar-refractivity contribution >= 4 is 27.5 Å². The van der Waals surface area contributed by atoms with Gasteiger partial charge in [-0.2, -0.15) is 9.97 Å². The second-order valence-electron chi connectivity index (χ2n) is 12.6. The summed E-state index contributed by atoms with van der Waals surface area (Å²) in [5.74, 6) is 1.24. The van der Waals surface area contributed by atoms with Crippen LogP contribution >= 0.6 is 0 Å². The fourth-order valence-electron chi connectivity index (χ4n) is 7.46. The van der Waals surface area contributed by atoms with Crippen LogP contribution in [0, 0.1) is 24.0 Å². The van der Waals surface area contributed by atoms with E-state index in [9.17, 15) is 13.9 Å². The van der Waals surface area contributed by atoms with Gasteiger partial charge in [0.1, 0.15) is 41.4 Å². The molecule has 2 aromatic carbocycles. The minimum Gasteiger partial charge on any atom is -0.508 e. The molecular weight excluding hydrogens is 581 g/mol. The Morgan fingerprint density at radius 1 is 1.22 bits per heavy atom. The van der Waals surface area contributed by atoms with Gasteiger partial charge in [-0.15, -0.1) is 6.42 Å². The number of hydrogen-bond acceptors (Lipinski definition) is 8. The van der Waals surface area contributed by atoms with Crippen molar-refractivity contribution in [1.29, 1.82) is 0 Å². The van der Waals surface area contributed by atoms with Crippen molar-refractivity contribution in [1.82, 2.24) is 25.2 Å². The van der Waals surface area contributed by atoms with E-state index in [0.29, 0.717) is 36.1 Å². The molecule has 234 valence electrons. The number of pyridine rings is 1. The molecular formula is C34H35F3N6O2. The number of ether oxygens (including phenoxy) is 1. The molecule has 3 saturated heterocycles. The first-order valence-electron chi connectivity index (χ1n) is 15.5. The predicted octanol–water partition coefficient (Wildman–Crippen LogP) is 5.34. The maximum Gasteiger partial charge on any atom is 0.319 e. The predicted molar refractivity (Wildman–Crippen MR) is 167 cm³/mol. The van der Waals surface area contributed by atoms with Crippen LogP contribution in [0.15, 0.2) is 30.5 Å². The van der Waals surface area contributed by atoms with E-state index in [4.69, 9.17) is 16.1 Å². The van der Waals surface area contributed by atoms with Crippen LogP contribution in [-0.4, -0.2) is 82.5 Å². The first kappa shape index (κ1) is 29.6. The Kier molecular flexibility index (Phi) is 7.66. The molecule has 11 heteroatoms. The zero-order chi connectivity index (χ0) is 31.3. The minimum atomic E-state index is -0.919. The molecule has 8 nitrogen and oxygen atoms in total. The van der Waals surface area contributed by atoms with Gasteiger partial charge in [-0.1, -0.05) is 18.4 Å². The molecule has 2 N–H and O–H groups in total. The van der Waals surface area contributed by atoms with E-state index < -0.39 is 23.3 Å². The summed E-state index contributed by atoms with van der Waals surface area (Å²) in [5.41, 5.74) is -0.532. The average molecular weight is 617 g/mol. The summed E-state index contributed by atoms with van der Waals surface area (Å²) in [6, 6.07) is 5.67. The Morgan fingerprint density at radius 2 is 2.09 bits per heavy atom. The third kappa shape index (κ3) is 5.30. The molecule has 3 fully saturated rings. The quantitative estimate of drug-likeness (QED) is 0.269. The van der Waals surface area contributed by atoms with Gasteiger partial charge in [0.25, 0.3) is 0 Å². The van der Waals surface area contributed by atoms with Crippen LogP contribution in [0.4, 0.5) is 19.0 Å². The summed E-state index contributed by atoms with van der Waals surface area (Å²) in [6.45, 7) is 2.94. The van der Waals surface area contributed by atoms with Crippen LogP contribution in [-0.2, 0) is 0 Å². The molecule has 0 spiro atoms. The summed E-state index contributed by atoms with van der Waals surface area (Å²) in [6.07, 6.45) is 11.6. The number of rotatable bonds is 7. The molecule has 45 heavy (non-hydrogen) atoms. The number of fused-ring (bicyclic) bond motifs is 3. The Hall–Kier alpha value is -4.14. The fraction of sp³-hybridized carbons (Fsp3) is 0.441. The molecule has 3 aliphatic heterocycles. The molecule has 7 rings (SSSR count). The molecule has 0 amide bonds. The standard InChI is InChI=1S/C34H35F3N6O2/c1-3-24-27(36)9-8-20-13-23(44)14-25(28(20)24)30-29(37)31-26(16-39-30)32(42(2)18-22-7-4-5-11-38-22)41-33(40-31)45-19-34-10-6-12-43(34)17-21(35)15-34/h1,8-9,13-14,16,21-22,38,44H,4-7,10-12,15,17-19H2,2H3/t21-,22+,34+/m1/s1. The fourth-order valence-corrected chi connectivity index (χ4v) is 7.46. The molecule has 2 aromatic heterocycles. The summed E-state index contributed by atoms with van der Waals surface area (Å²) in [5, 5.41) is 15.1. The third-order valence-electron chi connectivity index (χ3n) is 9.59. The smallest absolute Gasteiger partial charge is 0.319 e. The van der Waals surface area contributed by atoms with Crippen LogP contribution in [0.5, 0.6) is 11.8 Å². The van der Waals surface area contributed by atoms with Crippen LogP contribution in [0.25, 0.3) is 32.9 Å². The molecule has 0 saturated carbocycles. The SMILES string of the molecule is C#Cc1c(F)ccc2cc(O)cc(-c3ncc4c(N(C)C[C@@H]5CCCCN5)nc(OC[C@@]56CCCN5C[C@H](F)C6)nc4c3F)c12. The van der Waals surface area contributed by atoms with Gasteiger partial charge < -0.3 is 20.1 Å². The van der Waals surface area contributed by atoms with Gasteiger partial charge in [-0.25, -0.2) is 13.2 Å². The van der Waals surface area contributed by atoms with E-state index in [-0.39, 0.29) is 52.1 Å². The molecule has 3 atom stereocenters. The minimum absolute atomic E-state index is 0.0170. The second kappa shape index (κ2) is 11.7. The first-order valence-corrected chi connectivity index (χ1v) is 15.5. The van der Waals surface area contributed by atoms with Crippen LogP contribution in [0.2, 0.25) is 0 Å². The van der Waals surface area contributed by atoms with E-state index in [1.54, 1.807) is 0 Å². The van der Waals surface area contributed by atoms with Crippen molar-refractivity contribution in [3.8, 4) is 35.4 Å². The number of nitrogens with zero attached hydrogens (tertiary/aromatic N) is 5. The highest BCUT2D eigenvalue weighted by Crippen LogP contribution is 2.41. The molecule has 3 aliphatic rings. The van der Waals surface area contributed by atoms with E-state index in [0.717, 1.165) is 45.2 Å². The Labute approximate surface area is 259 Å². The largest absolute Gasteiger partial charge is 0.508 e. The number of benzene rings is 2. The number of alkyl halides is 1. The average Bonchev–Trinajstić information content (AvgIpc) is 3.56. The van der Waals surface area contributed by atoms with Gasteiger partial charge in [0, 0.05) is 49.7 Å². The van der Waals surface area contributed by atoms with Crippen LogP contribution in [0.3, 0.4) is 0 Å². The lowest BCUT2D eigenvalue weighted by atomic mass is 9.95. The molecule has 5 heterocycles. The zero-order valence-corrected chi connectivity index (χ0v) is 25.1. The van der Waals surface area contributed by atoms with E-state index in [2.05, 4.69) is 26.1 Å². The number of halogens is 3. The van der Waals surface area contributed by atoms with Crippen LogP contribution < -0.4 is 15.0 Å². The number of hydrogen-bond donors (Lipinski definition) is 2. The third-order valence-corrected chi connectivity index (χ3v) is 9.59. The number of phenols is 1. The number of phenolic OH excluding ortho intramolecular Hbond substituents is 1. The lowest BCUT2D eigenvalue weighted by Crippen LogP contribution is -2.44. The van der Waals surface area contributed by atoms with Crippen LogP contribution in [0.1, 0.15) is 44.1 Å². The Balaban J connectivity index is 1.35. The summed E-state index contributed by atoms with van der Waals surface area (Å²) >= 11 is 0. The lowest BCUT2D eigenvalue weighted by Gasteiger charge is -2.31. The Bertz CT molecular complexity index is 1820. The van der Waals surface area contributed by atoms with Crippen molar-refractivity contribution in [2.45, 2.75) is 56.3 Å². The Morgan fingerprint density at radius 3 is 2.89 bits per heavy atom. The maximum atomic E-state index is 16.7. The van der Waals surface area contributed by atoms with Crippen molar-refractivity contribution in [2.24, 2.45) is 0 Å². The number of nitrogens with one attached hydrogen (secondary N) is 1. The highest BCUT2D eigenvalue weighted by molar-refractivity contribution is 6.03. The van der Waals surface area contributed by atoms with Gasteiger partial charge in [-0.05, 0) is 62.4 Å². The van der Waals surface area contributed by atoms with Gasteiger partial charge >= 0.3 is 6.01 Å². The normalized spacial score (nSPS) is 23.4. The highest BCUT2D eigenvalue weighted by atomic mass is 19.1. The monoisotopic (exact) mass is 616 g/mol. The topological polar surface area (TPSA) is 86.6 Å². The number of aromatic nitrogens is 3. The molecule has 0 radical (unpaired) electrons. The van der Waals surface area contributed by atoms with Gasteiger partial charge in [0.15, 0.2) is 5.82 Å². The van der Waals surface area contributed by atoms with Crippen molar-refractivity contribution < 1.29 is 23.0 Å². The summed E-state index contributed by atoms with van der Waals surface area (Å²) in [4.78, 5) is 17.8. The van der Waals surface area contributed by atoms with Gasteiger partial charge in [0.2, 0.25) is 0 Å². The summed E-state index contributed by atoms with van der Waals surface area (Å²) in [7, 11) is 1.89. The number of likely N-dealkylation sites (N-methyl/N-ethyl adjacent to an activating group) is 1. The second-order valence-corrected chi connectivity index (χ2v) is 12.6. The zero-order valence-electron chi connectivity index (χ0n) is 25.1. The number of piperidine rings is 1. The van der Waals surface area contributed by atoms with E-state index >= 15 is 4.39 Å². The highest BCUT2D eigenvalue weighted by Gasteiger charge is 2.49. The van der Waals surface area contributed by atoms with Crippen molar-refractivity contribution in [3.05, 3.63) is 47.7 Å². The van der Waals surface area contributed by atoms with Gasteiger partial charge in [-0.3, -0.25) is 9.88 Å². The van der Waals surface area contributed by atoms with Crippen molar-refractivity contribution in [2.75, 3.05) is 44.7 Å². The van der Waals surface area contributed by atoms with Gasteiger partial charge in [0.05, 0.1) is 16.5 Å². The molecule has 0 bridgehead atoms.